The molecule has 2 aromatic carbocycles. The minimum atomic E-state index is -1.01. The number of nitrogens with zero attached hydrogens (tertiary/aromatic N) is 2. The third-order valence-corrected chi connectivity index (χ3v) is 8.35. The topological polar surface area (TPSA) is 109 Å². The number of carbonyl (C=O) groups is 3. The van der Waals surface area contributed by atoms with Crippen LogP contribution >= 0.6 is 23.1 Å². The summed E-state index contributed by atoms with van der Waals surface area (Å²) in [7, 11) is 0. The van der Waals surface area contributed by atoms with Crippen molar-refractivity contribution in [2.75, 3.05) is 18.2 Å². The molecule has 0 saturated carbocycles. The lowest BCUT2D eigenvalue weighted by atomic mass is 9.98. The van der Waals surface area contributed by atoms with Gasteiger partial charge in [-0.05, 0) is 29.2 Å². The Hall–Kier alpha value is -3.37. The third kappa shape index (κ3) is 4.51. The number of ether oxygens (including phenoxy) is 1. The summed E-state index contributed by atoms with van der Waals surface area (Å²) in [5.41, 5.74) is 5.12. The van der Waals surface area contributed by atoms with Gasteiger partial charge in [0.05, 0.1) is 18.1 Å². The number of carbonyl (C=O) groups excluding carboxylic acids is 2. The fourth-order valence-electron chi connectivity index (χ4n) is 4.50. The molecular formula is C25H23N3O5S2. The normalized spacial score (nSPS) is 16.6. The standard InChI is InChI=1S/C25H23N3O5S2/c1-14-22(23(29)28-13-34-12-20(28)24(30)31)35-21(27-14)10-26-25(32)33-11-19-17-8-4-2-6-15(17)16-7-3-5-9-18(16)19/h2-9,19-20H,10-13H2,1H3,(H,26,32)(H,30,31)/t20-/m0/s1. The fourth-order valence-corrected chi connectivity index (χ4v) is 6.61. The van der Waals surface area contributed by atoms with Crippen molar-refractivity contribution in [2.45, 2.75) is 25.4 Å². The number of benzene rings is 2. The number of fused-ring (bicyclic) bond motifs is 3. The highest BCUT2D eigenvalue weighted by Gasteiger charge is 2.36. The molecule has 35 heavy (non-hydrogen) atoms. The van der Waals surface area contributed by atoms with Crippen molar-refractivity contribution in [2.24, 2.45) is 0 Å². The molecule has 180 valence electrons. The maximum atomic E-state index is 12.9. The number of amides is 2. The Kier molecular flexibility index (Phi) is 6.48. The lowest BCUT2D eigenvalue weighted by Crippen LogP contribution is -2.41. The van der Waals surface area contributed by atoms with Gasteiger partial charge in [0.15, 0.2) is 0 Å². The van der Waals surface area contributed by atoms with E-state index in [2.05, 4.69) is 34.6 Å². The van der Waals surface area contributed by atoms with Gasteiger partial charge in [-0.2, -0.15) is 0 Å². The zero-order valence-corrected chi connectivity index (χ0v) is 20.5. The van der Waals surface area contributed by atoms with E-state index in [1.807, 2.05) is 24.3 Å². The van der Waals surface area contributed by atoms with Gasteiger partial charge in [0.1, 0.15) is 22.5 Å². The van der Waals surface area contributed by atoms with E-state index in [4.69, 9.17) is 4.74 Å². The third-order valence-electron chi connectivity index (χ3n) is 6.19. The van der Waals surface area contributed by atoms with Crippen LogP contribution in [-0.4, -0.2) is 57.2 Å². The molecule has 2 N–H and O–H groups in total. The van der Waals surface area contributed by atoms with E-state index in [1.54, 1.807) is 6.92 Å². The Morgan fingerprint density at radius 2 is 1.77 bits per heavy atom. The molecule has 0 spiro atoms. The molecule has 5 rings (SSSR count). The largest absolute Gasteiger partial charge is 0.480 e. The number of rotatable bonds is 6. The fraction of sp³-hybridized carbons (Fsp3) is 0.280. The number of aryl methyl sites for hydroxylation is 1. The first-order valence-electron chi connectivity index (χ1n) is 11.1. The van der Waals surface area contributed by atoms with E-state index in [1.165, 1.54) is 16.7 Å². The highest BCUT2D eigenvalue weighted by Crippen LogP contribution is 2.44. The molecule has 3 aromatic rings. The summed E-state index contributed by atoms with van der Waals surface area (Å²) < 4.78 is 5.55. The molecule has 8 nitrogen and oxygen atoms in total. The lowest BCUT2D eigenvalue weighted by Gasteiger charge is -2.19. The highest BCUT2D eigenvalue weighted by molar-refractivity contribution is 7.99. The smallest absolute Gasteiger partial charge is 0.407 e. The number of carboxylic acid groups (broad SMARTS) is 1. The van der Waals surface area contributed by atoms with Crippen LogP contribution in [0.4, 0.5) is 4.79 Å². The van der Waals surface area contributed by atoms with Crippen LogP contribution in [0.2, 0.25) is 0 Å². The van der Waals surface area contributed by atoms with Crippen LogP contribution in [0, 0.1) is 6.92 Å². The van der Waals surface area contributed by atoms with E-state index < -0.39 is 18.1 Å². The summed E-state index contributed by atoms with van der Waals surface area (Å²) in [6.07, 6.45) is -0.561. The number of thioether (sulfide) groups is 1. The van der Waals surface area contributed by atoms with Crippen LogP contribution in [0.5, 0.6) is 0 Å². The predicted molar refractivity (Wildman–Crippen MR) is 134 cm³/mol. The molecule has 2 heterocycles. The Balaban J connectivity index is 1.20. The van der Waals surface area contributed by atoms with Crippen molar-refractivity contribution >= 4 is 41.1 Å². The summed E-state index contributed by atoms with van der Waals surface area (Å²) in [6.45, 7) is 2.04. The Labute approximate surface area is 210 Å². The van der Waals surface area contributed by atoms with Crippen LogP contribution in [0.15, 0.2) is 48.5 Å². The number of nitrogens with one attached hydrogen (secondary N) is 1. The van der Waals surface area contributed by atoms with Crippen LogP contribution < -0.4 is 5.32 Å². The molecule has 0 bridgehead atoms. The van der Waals surface area contributed by atoms with Crippen molar-refractivity contribution in [1.82, 2.24) is 15.2 Å². The minimum Gasteiger partial charge on any atom is -0.480 e. The SMILES string of the molecule is Cc1nc(CNC(=O)OCC2c3ccccc3-c3ccccc32)sc1C(=O)N1CSC[C@H]1C(=O)O. The highest BCUT2D eigenvalue weighted by atomic mass is 32.2. The number of aromatic nitrogens is 1. The Morgan fingerprint density at radius 1 is 1.11 bits per heavy atom. The summed E-state index contributed by atoms with van der Waals surface area (Å²) in [5, 5.41) is 12.6. The van der Waals surface area contributed by atoms with Crippen LogP contribution in [0.25, 0.3) is 11.1 Å². The Bertz CT molecular complexity index is 1260. The minimum absolute atomic E-state index is 0.0278. The number of thiazole rings is 1. The average Bonchev–Trinajstić information content (AvgIpc) is 3.57. The molecule has 1 aliphatic heterocycles. The number of carboxylic acids is 1. The van der Waals surface area contributed by atoms with Crippen molar-refractivity contribution in [3.63, 3.8) is 0 Å². The summed E-state index contributed by atoms with van der Waals surface area (Å²) in [6, 6.07) is 15.4. The van der Waals surface area contributed by atoms with Gasteiger partial charge in [-0.15, -0.1) is 23.1 Å². The second-order valence-corrected chi connectivity index (χ2v) is 10.4. The molecular weight excluding hydrogens is 486 g/mol. The van der Waals surface area contributed by atoms with E-state index in [0.29, 0.717) is 27.2 Å². The van der Waals surface area contributed by atoms with Gasteiger partial charge in [-0.3, -0.25) is 4.79 Å². The molecule has 1 fully saturated rings. The van der Waals surface area contributed by atoms with Gasteiger partial charge in [-0.25, -0.2) is 14.6 Å². The summed E-state index contributed by atoms with van der Waals surface area (Å²) in [5.74, 6) is -0.678. The van der Waals surface area contributed by atoms with Gasteiger partial charge >= 0.3 is 12.1 Å². The number of hydrogen-bond acceptors (Lipinski definition) is 7. The first kappa shape index (κ1) is 23.4. The zero-order chi connectivity index (χ0) is 24.5. The quantitative estimate of drug-likeness (QED) is 0.515. The molecule has 1 aliphatic carbocycles. The second kappa shape index (κ2) is 9.71. The predicted octanol–water partition coefficient (Wildman–Crippen LogP) is 4.09. The molecule has 10 heteroatoms. The number of hydrogen-bond donors (Lipinski definition) is 2. The first-order chi connectivity index (χ1) is 16.9. The van der Waals surface area contributed by atoms with E-state index in [-0.39, 0.29) is 25.0 Å². The van der Waals surface area contributed by atoms with E-state index in [0.717, 1.165) is 33.6 Å². The first-order valence-corrected chi connectivity index (χ1v) is 13.1. The van der Waals surface area contributed by atoms with Gasteiger partial charge in [0.25, 0.3) is 5.91 Å². The molecule has 1 aromatic heterocycles. The molecule has 2 amide bonds. The monoisotopic (exact) mass is 509 g/mol. The van der Waals surface area contributed by atoms with Gasteiger partial charge in [0.2, 0.25) is 0 Å². The number of alkyl carbamates (subject to hydrolysis) is 1. The number of aliphatic carboxylic acids is 1. The lowest BCUT2D eigenvalue weighted by molar-refractivity contribution is -0.140. The van der Waals surface area contributed by atoms with Crippen LogP contribution in [-0.2, 0) is 16.1 Å². The zero-order valence-electron chi connectivity index (χ0n) is 18.9. The maximum absolute atomic E-state index is 12.9. The molecule has 1 saturated heterocycles. The summed E-state index contributed by atoms with van der Waals surface area (Å²) in [4.78, 5) is 42.9. The van der Waals surface area contributed by atoms with Crippen molar-refractivity contribution in [3.05, 3.63) is 75.2 Å². The van der Waals surface area contributed by atoms with Crippen LogP contribution in [0.3, 0.4) is 0 Å². The molecule has 0 radical (unpaired) electrons. The van der Waals surface area contributed by atoms with E-state index >= 15 is 0 Å². The molecule has 2 aliphatic rings. The molecule has 0 unspecified atom stereocenters. The molecule has 1 atom stereocenters. The summed E-state index contributed by atoms with van der Waals surface area (Å²) >= 11 is 2.57. The Morgan fingerprint density at radius 3 is 2.43 bits per heavy atom. The van der Waals surface area contributed by atoms with Gasteiger partial charge < -0.3 is 20.1 Å². The van der Waals surface area contributed by atoms with Crippen molar-refractivity contribution in [3.8, 4) is 11.1 Å². The van der Waals surface area contributed by atoms with Gasteiger partial charge in [0, 0.05) is 11.7 Å². The van der Waals surface area contributed by atoms with E-state index in [9.17, 15) is 19.5 Å². The second-order valence-electron chi connectivity index (χ2n) is 8.33. The average molecular weight is 510 g/mol. The van der Waals surface area contributed by atoms with Crippen molar-refractivity contribution < 1.29 is 24.2 Å². The maximum Gasteiger partial charge on any atom is 0.407 e. The van der Waals surface area contributed by atoms with Crippen molar-refractivity contribution in [1.29, 1.82) is 0 Å². The van der Waals surface area contributed by atoms with Gasteiger partial charge in [-0.1, -0.05) is 48.5 Å². The van der Waals surface area contributed by atoms with Crippen LogP contribution in [0.1, 0.15) is 37.4 Å².